The van der Waals surface area contributed by atoms with E-state index in [0.717, 1.165) is 25.3 Å². The summed E-state index contributed by atoms with van der Waals surface area (Å²) in [5.41, 5.74) is 4.17. The summed E-state index contributed by atoms with van der Waals surface area (Å²) in [7, 11) is 0. The van der Waals surface area contributed by atoms with Crippen LogP contribution in [0.4, 0.5) is 0 Å². The molecular weight excluding hydrogens is 276 g/mol. The maximum atomic E-state index is 5.90. The normalized spacial score (nSPS) is 18.3. The molecular formula is C15H17ClN2S. The molecule has 0 unspecified atom stereocenters. The molecule has 1 aromatic carbocycles. The molecule has 2 nitrogen and oxygen atoms in total. The van der Waals surface area contributed by atoms with Gasteiger partial charge in [0.1, 0.15) is 0 Å². The molecule has 0 N–H and O–H groups in total. The minimum Gasteiger partial charge on any atom is -0.292 e. The van der Waals surface area contributed by atoms with Crippen LogP contribution in [0.5, 0.6) is 0 Å². The summed E-state index contributed by atoms with van der Waals surface area (Å²) in [6.07, 6.45) is 0. The van der Waals surface area contributed by atoms with Crippen LogP contribution in [0.3, 0.4) is 0 Å². The van der Waals surface area contributed by atoms with Gasteiger partial charge in [-0.1, -0.05) is 49.7 Å². The number of halogens is 1. The molecule has 0 bridgehead atoms. The predicted molar refractivity (Wildman–Crippen MR) is 80.7 cm³/mol. The molecule has 1 aliphatic heterocycles. The molecule has 0 radical (unpaired) electrons. The number of rotatable bonds is 2. The molecule has 0 atom stereocenters. The first-order valence-corrected chi connectivity index (χ1v) is 7.71. The van der Waals surface area contributed by atoms with E-state index < -0.39 is 0 Å². The smallest absolute Gasteiger partial charge is 0.183 e. The van der Waals surface area contributed by atoms with Crippen molar-refractivity contribution in [2.75, 3.05) is 6.54 Å². The highest BCUT2D eigenvalue weighted by atomic mass is 35.5. The zero-order chi connectivity index (χ0) is 13.5. The Morgan fingerprint density at radius 1 is 1.37 bits per heavy atom. The molecule has 1 aromatic heterocycles. The Labute approximate surface area is 123 Å². The molecule has 100 valence electrons. The number of aromatic nitrogens is 1. The second-order valence-corrected chi connectivity index (χ2v) is 7.22. The summed E-state index contributed by atoms with van der Waals surface area (Å²) >= 11 is 7.41. The van der Waals surface area contributed by atoms with Crippen LogP contribution in [0.1, 0.15) is 30.7 Å². The topological polar surface area (TPSA) is 16.1 Å². The van der Waals surface area contributed by atoms with Crippen LogP contribution in [0.15, 0.2) is 29.6 Å². The lowest BCUT2D eigenvalue weighted by molar-refractivity contribution is 0.184. The fourth-order valence-electron chi connectivity index (χ4n) is 2.96. The van der Waals surface area contributed by atoms with E-state index in [9.17, 15) is 0 Å². The van der Waals surface area contributed by atoms with Gasteiger partial charge >= 0.3 is 0 Å². The monoisotopic (exact) mass is 292 g/mol. The van der Waals surface area contributed by atoms with Gasteiger partial charge in [0.25, 0.3) is 0 Å². The standard InChI is InChI=1S/C15H17ClN2S/c1-15(2)10-18(8-12-9-19-14(16)17-12)7-11-5-3-4-6-13(11)15/h3-6,9H,7-8,10H2,1-2H3. The third-order valence-electron chi connectivity index (χ3n) is 3.67. The lowest BCUT2D eigenvalue weighted by Gasteiger charge is -2.39. The van der Waals surface area contributed by atoms with E-state index >= 15 is 0 Å². The largest absolute Gasteiger partial charge is 0.292 e. The average Bonchev–Trinajstić information content (AvgIpc) is 2.74. The van der Waals surface area contributed by atoms with Gasteiger partial charge in [-0.3, -0.25) is 4.90 Å². The molecule has 0 amide bonds. The molecule has 19 heavy (non-hydrogen) atoms. The lowest BCUT2D eigenvalue weighted by atomic mass is 9.78. The van der Waals surface area contributed by atoms with Gasteiger partial charge in [-0.15, -0.1) is 11.3 Å². The van der Waals surface area contributed by atoms with E-state index in [1.165, 1.54) is 22.5 Å². The van der Waals surface area contributed by atoms with Crippen LogP contribution in [0, 0.1) is 0 Å². The van der Waals surface area contributed by atoms with E-state index in [-0.39, 0.29) is 5.41 Å². The molecule has 0 saturated heterocycles. The number of nitrogens with zero attached hydrogens (tertiary/aromatic N) is 2. The fraction of sp³-hybridized carbons (Fsp3) is 0.400. The van der Waals surface area contributed by atoms with Gasteiger partial charge in [-0.25, -0.2) is 4.98 Å². The maximum absolute atomic E-state index is 5.90. The molecule has 4 heteroatoms. The SMILES string of the molecule is CC1(C)CN(Cc2csc(Cl)n2)Cc2ccccc21. The van der Waals surface area contributed by atoms with Crippen LogP contribution < -0.4 is 0 Å². The van der Waals surface area contributed by atoms with Gasteiger partial charge in [0, 0.05) is 30.4 Å². The van der Waals surface area contributed by atoms with Crippen molar-refractivity contribution in [3.05, 3.63) is 50.9 Å². The van der Waals surface area contributed by atoms with Gasteiger partial charge in [0.15, 0.2) is 4.47 Å². The van der Waals surface area contributed by atoms with Crippen molar-refractivity contribution in [1.29, 1.82) is 0 Å². The van der Waals surface area contributed by atoms with E-state index in [4.69, 9.17) is 11.6 Å². The number of thiazole rings is 1. The quantitative estimate of drug-likeness (QED) is 0.829. The number of benzene rings is 1. The Morgan fingerprint density at radius 3 is 2.89 bits per heavy atom. The van der Waals surface area contributed by atoms with Crippen molar-refractivity contribution in [1.82, 2.24) is 9.88 Å². The Balaban J connectivity index is 1.84. The van der Waals surface area contributed by atoms with Crippen LogP contribution >= 0.6 is 22.9 Å². The summed E-state index contributed by atoms with van der Waals surface area (Å²) < 4.78 is 0.631. The Bertz CT molecular complexity index is 591. The maximum Gasteiger partial charge on any atom is 0.183 e. The Kier molecular flexibility index (Phi) is 3.37. The van der Waals surface area contributed by atoms with Crippen LogP contribution in [0.25, 0.3) is 0 Å². The molecule has 3 rings (SSSR count). The highest BCUT2D eigenvalue weighted by Crippen LogP contribution is 2.33. The number of hydrogen-bond acceptors (Lipinski definition) is 3. The average molecular weight is 293 g/mol. The molecule has 2 heterocycles. The lowest BCUT2D eigenvalue weighted by Crippen LogP contribution is -2.41. The summed E-state index contributed by atoms with van der Waals surface area (Å²) in [5, 5.41) is 2.05. The highest BCUT2D eigenvalue weighted by molar-refractivity contribution is 7.13. The van der Waals surface area contributed by atoms with Gasteiger partial charge < -0.3 is 0 Å². The second-order valence-electron chi connectivity index (χ2n) is 5.78. The van der Waals surface area contributed by atoms with Crippen LogP contribution in [-0.4, -0.2) is 16.4 Å². The van der Waals surface area contributed by atoms with Gasteiger partial charge in [0.05, 0.1) is 5.69 Å². The molecule has 0 saturated carbocycles. The first-order valence-electron chi connectivity index (χ1n) is 6.45. The number of fused-ring (bicyclic) bond motifs is 1. The van der Waals surface area contributed by atoms with E-state index in [2.05, 4.69) is 53.4 Å². The predicted octanol–water partition coefficient (Wildman–Crippen LogP) is 4.09. The van der Waals surface area contributed by atoms with Crippen LogP contribution in [-0.2, 0) is 18.5 Å². The fourth-order valence-corrected chi connectivity index (χ4v) is 3.73. The second kappa shape index (κ2) is 4.89. The summed E-state index contributed by atoms with van der Waals surface area (Å²) in [4.78, 5) is 6.80. The summed E-state index contributed by atoms with van der Waals surface area (Å²) in [5.74, 6) is 0. The van der Waals surface area contributed by atoms with Gasteiger partial charge in [-0.05, 0) is 11.1 Å². The highest BCUT2D eigenvalue weighted by Gasteiger charge is 2.31. The Hall–Kier alpha value is -0.900. The Morgan fingerprint density at radius 2 is 2.16 bits per heavy atom. The van der Waals surface area contributed by atoms with E-state index in [0.29, 0.717) is 4.47 Å². The van der Waals surface area contributed by atoms with E-state index in [1.807, 2.05) is 0 Å². The molecule has 1 aliphatic rings. The minimum absolute atomic E-state index is 0.189. The zero-order valence-electron chi connectivity index (χ0n) is 11.2. The van der Waals surface area contributed by atoms with Crippen molar-refractivity contribution in [3.63, 3.8) is 0 Å². The van der Waals surface area contributed by atoms with Gasteiger partial charge in [-0.2, -0.15) is 0 Å². The van der Waals surface area contributed by atoms with E-state index in [1.54, 1.807) is 0 Å². The summed E-state index contributed by atoms with van der Waals surface area (Å²) in [6.45, 7) is 7.55. The number of hydrogen-bond donors (Lipinski definition) is 0. The molecule has 0 fully saturated rings. The van der Waals surface area contributed by atoms with Crippen molar-refractivity contribution in [2.24, 2.45) is 0 Å². The third kappa shape index (κ3) is 2.69. The van der Waals surface area contributed by atoms with Crippen molar-refractivity contribution >= 4 is 22.9 Å². The van der Waals surface area contributed by atoms with Gasteiger partial charge in [0.2, 0.25) is 0 Å². The first kappa shape index (κ1) is 13.1. The molecule has 0 aliphatic carbocycles. The van der Waals surface area contributed by atoms with Crippen molar-refractivity contribution < 1.29 is 0 Å². The first-order chi connectivity index (χ1) is 9.04. The molecule has 0 spiro atoms. The van der Waals surface area contributed by atoms with Crippen molar-refractivity contribution in [2.45, 2.75) is 32.4 Å². The third-order valence-corrected chi connectivity index (χ3v) is 4.70. The zero-order valence-corrected chi connectivity index (χ0v) is 12.8. The summed E-state index contributed by atoms with van der Waals surface area (Å²) in [6, 6.07) is 8.75. The minimum atomic E-state index is 0.189. The van der Waals surface area contributed by atoms with Crippen molar-refractivity contribution in [3.8, 4) is 0 Å². The molecule has 2 aromatic rings. The van der Waals surface area contributed by atoms with Crippen LogP contribution in [0.2, 0.25) is 4.47 Å².